The van der Waals surface area contributed by atoms with E-state index in [1.807, 2.05) is 0 Å². The van der Waals surface area contributed by atoms with Gasteiger partial charge in [-0.3, -0.25) is 9.59 Å². The Kier molecular flexibility index (Phi) is 7.13. The highest BCUT2D eigenvalue weighted by molar-refractivity contribution is 6.31. The maximum atomic E-state index is 13.6. The van der Waals surface area contributed by atoms with E-state index in [4.69, 9.17) is 22.8 Å². The number of anilines is 3. The van der Waals surface area contributed by atoms with Gasteiger partial charge in [-0.15, -0.1) is 6.42 Å². The van der Waals surface area contributed by atoms with Crippen LogP contribution in [0.2, 0.25) is 5.02 Å². The van der Waals surface area contributed by atoms with Crippen LogP contribution in [0.3, 0.4) is 0 Å². The van der Waals surface area contributed by atoms with Gasteiger partial charge in [-0.05, 0) is 43.2 Å². The maximum Gasteiger partial charge on any atom is 0.247 e. The number of fused-ring (bicyclic) bond motifs is 1. The third kappa shape index (κ3) is 5.18. The number of hydrogen-bond donors (Lipinski definition) is 2. The molecule has 0 bridgehead atoms. The summed E-state index contributed by atoms with van der Waals surface area (Å²) in [7, 11) is 0. The standard InChI is InChI=1S/C25H21ClFN5O3/c1-3-10-35-22-13-19-16(24(29-14-28-19)30-15-7-8-18(27)17(26)11-15)12-20(22)31-25(34)21-6-5-9-32(21)23(33)4-2/h1,4,7-8,11-14,21H,2,5-6,9-10H2,(H,31,34)(H,28,29,30)/t21-/m1/s1. The lowest BCUT2D eigenvalue weighted by Crippen LogP contribution is -2.42. The number of hydrogen-bond acceptors (Lipinski definition) is 6. The Labute approximate surface area is 206 Å². The number of rotatable bonds is 7. The van der Waals surface area contributed by atoms with E-state index in [9.17, 15) is 14.0 Å². The van der Waals surface area contributed by atoms with Gasteiger partial charge >= 0.3 is 0 Å². The van der Waals surface area contributed by atoms with Crippen LogP contribution in [0.5, 0.6) is 5.75 Å². The summed E-state index contributed by atoms with van der Waals surface area (Å²) >= 11 is 5.89. The van der Waals surface area contributed by atoms with Crippen molar-refractivity contribution in [2.45, 2.75) is 18.9 Å². The summed E-state index contributed by atoms with van der Waals surface area (Å²) in [6, 6.07) is 6.85. The van der Waals surface area contributed by atoms with Crippen LogP contribution in [-0.2, 0) is 9.59 Å². The average molecular weight is 494 g/mol. The fraction of sp³-hybridized carbons (Fsp3) is 0.200. The number of amides is 2. The van der Waals surface area contributed by atoms with Crippen LogP contribution in [-0.4, -0.2) is 45.9 Å². The minimum atomic E-state index is -0.636. The molecule has 0 saturated carbocycles. The number of ether oxygens (including phenoxy) is 1. The van der Waals surface area contributed by atoms with E-state index >= 15 is 0 Å². The van der Waals surface area contributed by atoms with Crippen molar-refractivity contribution in [2.75, 3.05) is 23.8 Å². The number of terminal acetylenes is 1. The summed E-state index contributed by atoms with van der Waals surface area (Å²) in [6.07, 6.45) is 9.14. The van der Waals surface area contributed by atoms with Gasteiger partial charge in [0.2, 0.25) is 11.8 Å². The summed E-state index contributed by atoms with van der Waals surface area (Å²) in [6.45, 7) is 3.96. The number of likely N-dealkylation sites (tertiary alicyclic amines) is 1. The molecule has 1 aliphatic heterocycles. The normalized spacial score (nSPS) is 14.9. The smallest absolute Gasteiger partial charge is 0.247 e. The first-order chi connectivity index (χ1) is 16.9. The van der Waals surface area contributed by atoms with Crippen molar-refractivity contribution in [3.05, 3.63) is 60.2 Å². The lowest BCUT2D eigenvalue weighted by atomic mass is 10.1. The second-order valence-corrected chi connectivity index (χ2v) is 8.12. The SMILES string of the molecule is C#CCOc1cc2ncnc(Nc3ccc(F)c(Cl)c3)c2cc1NC(=O)[C@H]1CCCN1C(=O)C=C. The Morgan fingerprint density at radius 1 is 1.34 bits per heavy atom. The number of carbonyl (C=O) groups excluding carboxylic acids is 2. The van der Waals surface area contributed by atoms with Crippen molar-refractivity contribution < 1.29 is 18.7 Å². The first kappa shape index (κ1) is 24.0. The van der Waals surface area contributed by atoms with E-state index in [1.54, 1.807) is 12.1 Å². The molecule has 1 aromatic heterocycles. The average Bonchev–Trinajstić information content (AvgIpc) is 3.35. The topological polar surface area (TPSA) is 96.5 Å². The number of halogens is 2. The van der Waals surface area contributed by atoms with Crippen LogP contribution in [0.25, 0.3) is 10.9 Å². The van der Waals surface area contributed by atoms with Crippen LogP contribution in [0.1, 0.15) is 12.8 Å². The van der Waals surface area contributed by atoms with Gasteiger partial charge in [-0.25, -0.2) is 14.4 Å². The van der Waals surface area contributed by atoms with Crippen molar-refractivity contribution in [3.63, 3.8) is 0 Å². The second kappa shape index (κ2) is 10.4. The van der Waals surface area contributed by atoms with Gasteiger partial charge in [-0.1, -0.05) is 24.1 Å². The molecule has 0 spiro atoms. The zero-order valence-corrected chi connectivity index (χ0v) is 19.3. The molecule has 2 aromatic carbocycles. The first-order valence-corrected chi connectivity index (χ1v) is 11.1. The molecule has 2 N–H and O–H groups in total. The summed E-state index contributed by atoms with van der Waals surface area (Å²) in [5.41, 5.74) is 1.37. The van der Waals surface area contributed by atoms with Gasteiger partial charge in [-0.2, -0.15) is 0 Å². The summed E-state index contributed by atoms with van der Waals surface area (Å²) in [5, 5.41) is 6.46. The third-order valence-electron chi connectivity index (χ3n) is 5.50. The zero-order valence-electron chi connectivity index (χ0n) is 18.6. The second-order valence-electron chi connectivity index (χ2n) is 7.72. The van der Waals surface area contributed by atoms with Gasteiger partial charge in [0, 0.05) is 23.7 Å². The number of carbonyl (C=O) groups is 2. The van der Waals surface area contributed by atoms with E-state index < -0.39 is 11.9 Å². The number of benzene rings is 2. The maximum absolute atomic E-state index is 13.6. The monoisotopic (exact) mass is 493 g/mol. The minimum Gasteiger partial charge on any atom is -0.479 e. The Hall–Kier alpha value is -4.16. The molecule has 4 rings (SSSR count). The van der Waals surface area contributed by atoms with Crippen molar-refractivity contribution in [1.82, 2.24) is 14.9 Å². The summed E-state index contributed by atoms with van der Waals surface area (Å²) < 4.78 is 19.2. The molecule has 2 amide bonds. The molecule has 0 radical (unpaired) electrons. The molecule has 1 fully saturated rings. The van der Waals surface area contributed by atoms with Crippen LogP contribution in [0.4, 0.5) is 21.6 Å². The molecule has 1 atom stereocenters. The highest BCUT2D eigenvalue weighted by atomic mass is 35.5. The van der Waals surface area contributed by atoms with E-state index in [2.05, 4.69) is 33.1 Å². The van der Waals surface area contributed by atoms with E-state index in [1.165, 1.54) is 35.5 Å². The number of nitrogens with zero attached hydrogens (tertiary/aromatic N) is 3. The fourth-order valence-corrected chi connectivity index (χ4v) is 4.05. The molecule has 1 saturated heterocycles. The van der Waals surface area contributed by atoms with E-state index in [0.29, 0.717) is 53.2 Å². The van der Waals surface area contributed by atoms with Crippen LogP contribution < -0.4 is 15.4 Å². The number of aromatic nitrogens is 2. The highest BCUT2D eigenvalue weighted by Crippen LogP contribution is 2.34. The highest BCUT2D eigenvalue weighted by Gasteiger charge is 2.33. The van der Waals surface area contributed by atoms with Crippen LogP contribution >= 0.6 is 11.6 Å². The Morgan fingerprint density at radius 2 is 2.17 bits per heavy atom. The zero-order chi connectivity index (χ0) is 24.9. The Morgan fingerprint density at radius 3 is 2.91 bits per heavy atom. The van der Waals surface area contributed by atoms with Gasteiger partial charge in [0.1, 0.15) is 36.4 Å². The largest absolute Gasteiger partial charge is 0.479 e. The third-order valence-corrected chi connectivity index (χ3v) is 5.79. The van der Waals surface area contributed by atoms with Crippen molar-refractivity contribution in [3.8, 4) is 18.1 Å². The Bertz CT molecular complexity index is 1360. The molecule has 0 aliphatic carbocycles. The molecule has 1 aliphatic rings. The molecule has 2 heterocycles. The van der Waals surface area contributed by atoms with Crippen LogP contribution in [0.15, 0.2) is 49.3 Å². The van der Waals surface area contributed by atoms with Gasteiger partial charge < -0.3 is 20.3 Å². The van der Waals surface area contributed by atoms with Gasteiger partial charge in [0.25, 0.3) is 0 Å². The van der Waals surface area contributed by atoms with E-state index in [0.717, 1.165) is 0 Å². The molecule has 35 heavy (non-hydrogen) atoms. The van der Waals surface area contributed by atoms with Crippen molar-refractivity contribution in [2.24, 2.45) is 0 Å². The lowest BCUT2D eigenvalue weighted by Gasteiger charge is -2.23. The molecule has 10 heteroatoms. The Balaban J connectivity index is 1.70. The molecule has 178 valence electrons. The minimum absolute atomic E-state index is 0.0247. The molecule has 8 nitrogen and oxygen atoms in total. The predicted octanol–water partition coefficient (Wildman–Crippen LogP) is 4.29. The summed E-state index contributed by atoms with van der Waals surface area (Å²) in [4.78, 5) is 35.3. The van der Waals surface area contributed by atoms with Crippen LogP contribution in [0, 0.1) is 18.2 Å². The number of nitrogens with one attached hydrogen (secondary N) is 2. The van der Waals surface area contributed by atoms with Crippen molar-refractivity contribution in [1.29, 1.82) is 0 Å². The lowest BCUT2D eigenvalue weighted by molar-refractivity contribution is -0.132. The fourth-order valence-electron chi connectivity index (χ4n) is 3.87. The first-order valence-electron chi connectivity index (χ1n) is 10.7. The molecular weight excluding hydrogens is 473 g/mol. The quantitative estimate of drug-likeness (QED) is 0.376. The molecular formula is C25H21ClFN5O3. The molecule has 3 aromatic rings. The van der Waals surface area contributed by atoms with Gasteiger partial charge in [0.05, 0.1) is 16.2 Å². The van der Waals surface area contributed by atoms with E-state index in [-0.39, 0.29) is 23.4 Å². The van der Waals surface area contributed by atoms with Gasteiger partial charge in [0.15, 0.2) is 0 Å². The predicted molar refractivity (Wildman–Crippen MR) is 132 cm³/mol. The van der Waals surface area contributed by atoms with Crippen molar-refractivity contribution >= 4 is 51.5 Å². The summed E-state index contributed by atoms with van der Waals surface area (Å²) in [5.74, 6) is 1.91. The molecule has 0 unspecified atom stereocenters.